The second-order valence-corrected chi connectivity index (χ2v) is 11.3. The number of hydrogen-bond donors (Lipinski definition) is 0. The van der Waals surface area contributed by atoms with Gasteiger partial charge in [-0.1, -0.05) is 48.5 Å². The summed E-state index contributed by atoms with van der Waals surface area (Å²) in [6, 6.07) is 25.5. The normalized spacial score (nSPS) is 12.6. The first-order valence-electron chi connectivity index (χ1n) is 14.3. The van der Waals surface area contributed by atoms with Gasteiger partial charge >= 0.3 is 12.4 Å². The van der Waals surface area contributed by atoms with Crippen molar-refractivity contribution in [3.63, 3.8) is 0 Å². The Balaban J connectivity index is 1.75. The van der Waals surface area contributed by atoms with Crippen molar-refractivity contribution in [2.24, 2.45) is 0 Å². The highest BCUT2D eigenvalue weighted by Gasteiger charge is 2.37. The summed E-state index contributed by atoms with van der Waals surface area (Å²) < 4.78 is 83.9. The third kappa shape index (κ3) is 7.42. The van der Waals surface area contributed by atoms with Gasteiger partial charge in [0.15, 0.2) is 0 Å². The van der Waals surface area contributed by atoms with Gasteiger partial charge in [-0.15, -0.1) is 0 Å². The highest BCUT2D eigenvalue weighted by atomic mass is 19.4. The maximum Gasteiger partial charge on any atom is 0.416 e. The van der Waals surface area contributed by atoms with E-state index in [1.807, 2.05) is 80.5 Å². The van der Waals surface area contributed by atoms with Crippen molar-refractivity contribution < 1.29 is 26.3 Å². The Kier molecular flexibility index (Phi) is 8.96. The molecule has 5 rings (SSSR count). The fourth-order valence-electron chi connectivity index (χ4n) is 5.03. The minimum Gasteiger partial charge on any atom is -0.378 e. The monoisotopic (exact) mass is 631 g/mol. The number of alkyl halides is 6. The SMILES string of the molecule is CN(C)c1ccc(C=Cc2cc(C(=Cc3ccc(N(C)C)cc3)c3cc(C(F)(F)F)cc(C(F)(F)F)c3)c3ccccc3n2)cc1. The van der Waals surface area contributed by atoms with Crippen LogP contribution in [0.3, 0.4) is 0 Å². The van der Waals surface area contributed by atoms with Crippen molar-refractivity contribution in [3.05, 3.63) is 136 Å². The van der Waals surface area contributed by atoms with E-state index in [1.54, 1.807) is 54.6 Å². The molecule has 9 heteroatoms. The topological polar surface area (TPSA) is 19.4 Å². The molecule has 3 nitrogen and oxygen atoms in total. The lowest BCUT2D eigenvalue weighted by molar-refractivity contribution is -0.143. The largest absolute Gasteiger partial charge is 0.416 e. The summed E-state index contributed by atoms with van der Waals surface area (Å²) in [6.07, 6.45) is -4.74. The Hall–Kier alpha value is -5.05. The second-order valence-electron chi connectivity index (χ2n) is 11.3. The van der Waals surface area contributed by atoms with Gasteiger partial charge in [-0.25, -0.2) is 4.98 Å². The number of aromatic nitrogens is 1. The van der Waals surface area contributed by atoms with Crippen LogP contribution in [-0.4, -0.2) is 33.2 Å². The van der Waals surface area contributed by atoms with Gasteiger partial charge in [0, 0.05) is 45.0 Å². The van der Waals surface area contributed by atoms with E-state index in [2.05, 4.69) is 0 Å². The Labute approximate surface area is 263 Å². The molecule has 0 saturated heterocycles. The minimum absolute atomic E-state index is 0.146. The van der Waals surface area contributed by atoms with Crippen LogP contribution in [0, 0.1) is 0 Å². The molecule has 0 fully saturated rings. The molecule has 236 valence electrons. The number of rotatable bonds is 7. The van der Waals surface area contributed by atoms with Gasteiger partial charge in [0.2, 0.25) is 0 Å². The summed E-state index contributed by atoms with van der Waals surface area (Å²) in [5.41, 5.74) is 2.09. The lowest BCUT2D eigenvalue weighted by Gasteiger charge is -2.18. The number of anilines is 2. The summed E-state index contributed by atoms with van der Waals surface area (Å²) in [5, 5.41) is 0.581. The van der Waals surface area contributed by atoms with Crippen LogP contribution in [0.25, 0.3) is 34.7 Å². The average Bonchev–Trinajstić information content (AvgIpc) is 3.01. The third-order valence-electron chi connectivity index (χ3n) is 7.50. The zero-order chi connectivity index (χ0) is 33.2. The molecule has 0 radical (unpaired) electrons. The van der Waals surface area contributed by atoms with Crippen LogP contribution in [-0.2, 0) is 12.4 Å². The molecule has 0 bridgehead atoms. The van der Waals surface area contributed by atoms with E-state index in [4.69, 9.17) is 4.98 Å². The van der Waals surface area contributed by atoms with Gasteiger partial charge in [-0.05, 0) is 94.6 Å². The van der Waals surface area contributed by atoms with E-state index in [0.717, 1.165) is 29.1 Å². The molecule has 0 unspecified atom stereocenters. The van der Waals surface area contributed by atoms with Gasteiger partial charge in [0.05, 0.1) is 22.3 Å². The second kappa shape index (κ2) is 12.7. The van der Waals surface area contributed by atoms with E-state index in [1.165, 1.54) is 0 Å². The minimum atomic E-state index is -5.00. The van der Waals surface area contributed by atoms with Gasteiger partial charge in [0.25, 0.3) is 0 Å². The van der Waals surface area contributed by atoms with E-state index in [9.17, 15) is 26.3 Å². The first-order chi connectivity index (χ1) is 21.7. The van der Waals surface area contributed by atoms with Crippen LogP contribution in [0.5, 0.6) is 0 Å². The predicted octanol–water partition coefficient (Wildman–Crippen LogP) is 10.2. The van der Waals surface area contributed by atoms with E-state index < -0.39 is 23.5 Å². The maximum atomic E-state index is 14.0. The Morgan fingerprint density at radius 3 is 1.65 bits per heavy atom. The first kappa shape index (κ1) is 32.3. The molecule has 46 heavy (non-hydrogen) atoms. The average molecular weight is 632 g/mol. The summed E-state index contributed by atoms with van der Waals surface area (Å²) >= 11 is 0. The summed E-state index contributed by atoms with van der Waals surface area (Å²) in [6.45, 7) is 0. The van der Waals surface area contributed by atoms with Crippen LogP contribution < -0.4 is 9.80 Å². The van der Waals surface area contributed by atoms with Crippen molar-refractivity contribution in [1.29, 1.82) is 0 Å². The molecule has 0 aliphatic heterocycles. The molecule has 0 aliphatic rings. The third-order valence-corrected chi connectivity index (χ3v) is 7.50. The van der Waals surface area contributed by atoms with Crippen molar-refractivity contribution in [3.8, 4) is 0 Å². The van der Waals surface area contributed by atoms with Gasteiger partial charge in [-0.3, -0.25) is 0 Å². The van der Waals surface area contributed by atoms with Crippen molar-refractivity contribution >= 4 is 46.1 Å². The van der Waals surface area contributed by atoms with Crippen LogP contribution in [0.1, 0.15) is 39.1 Å². The van der Waals surface area contributed by atoms with E-state index >= 15 is 0 Å². The number of halogens is 6. The molecule has 4 aromatic carbocycles. The number of fused-ring (bicyclic) bond motifs is 1. The molecule has 1 aromatic heterocycles. The summed E-state index contributed by atoms with van der Waals surface area (Å²) in [5.74, 6) is 0. The van der Waals surface area contributed by atoms with Crippen LogP contribution in [0.15, 0.2) is 97.1 Å². The molecule has 0 amide bonds. The quantitative estimate of drug-likeness (QED) is 0.132. The maximum absolute atomic E-state index is 14.0. The molecule has 0 atom stereocenters. The van der Waals surface area contributed by atoms with Crippen LogP contribution >= 0.6 is 0 Å². The number of pyridine rings is 1. The molecular weight excluding hydrogens is 600 g/mol. The standard InChI is InChI=1S/C37H31F6N3/c1-45(2)30-15-10-24(11-16-30)9-14-29-23-34(32-7-5-6-8-35(32)44-29)33(19-25-12-17-31(18-13-25)46(3)4)26-20-27(36(38,39)40)22-28(21-26)37(41,42)43/h5-23H,1-4H3. The fourth-order valence-corrected chi connectivity index (χ4v) is 5.03. The first-order valence-corrected chi connectivity index (χ1v) is 14.3. The molecule has 5 aromatic rings. The Bertz CT molecular complexity index is 1870. The van der Waals surface area contributed by atoms with Gasteiger partial charge in [0.1, 0.15) is 0 Å². The Morgan fingerprint density at radius 1 is 0.609 bits per heavy atom. The highest BCUT2D eigenvalue weighted by Crippen LogP contribution is 2.40. The summed E-state index contributed by atoms with van der Waals surface area (Å²) in [4.78, 5) is 8.60. The van der Waals surface area contributed by atoms with Crippen molar-refractivity contribution in [1.82, 2.24) is 4.98 Å². The fraction of sp³-hybridized carbons (Fsp3) is 0.162. The smallest absolute Gasteiger partial charge is 0.378 e. The molecule has 0 saturated carbocycles. The Morgan fingerprint density at radius 2 is 1.13 bits per heavy atom. The highest BCUT2D eigenvalue weighted by molar-refractivity contribution is 6.02. The number of nitrogens with zero attached hydrogens (tertiary/aromatic N) is 3. The van der Waals surface area contributed by atoms with Gasteiger partial charge in [-0.2, -0.15) is 26.3 Å². The van der Waals surface area contributed by atoms with Crippen LogP contribution in [0.2, 0.25) is 0 Å². The van der Waals surface area contributed by atoms with Crippen LogP contribution in [0.4, 0.5) is 37.7 Å². The van der Waals surface area contributed by atoms with E-state index in [-0.39, 0.29) is 17.2 Å². The molecular formula is C37H31F6N3. The summed E-state index contributed by atoms with van der Waals surface area (Å²) in [7, 11) is 7.61. The zero-order valence-corrected chi connectivity index (χ0v) is 25.6. The lowest BCUT2D eigenvalue weighted by atomic mass is 9.90. The lowest BCUT2D eigenvalue weighted by Crippen LogP contribution is -2.12. The molecule has 0 spiro atoms. The van der Waals surface area contributed by atoms with Gasteiger partial charge < -0.3 is 9.80 Å². The number of para-hydroxylation sites is 1. The van der Waals surface area contributed by atoms with E-state index in [0.29, 0.717) is 27.7 Å². The predicted molar refractivity (Wildman–Crippen MR) is 176 cm³/mol. The zero-order valence-electron chi connectivity index (χ0n) is 25.6. The molecule has 0 N–H and O–H groups in total. The number of benzene rings is 4. The van der Waals surface area contributed by atoms with Crippen molar-refractivity contribution in [2.45, 2.75) is 12.4 Å². The van der Waals surface area contributed by atoms with Crippen molar-refractivity contribution in [2.75, 3.05) is 38.0 Å². The molecule has 1 heterocycles. The molecule has 0 aliphatic carbocycles. The number of hydrogen-bond acceptors (Lipinski definition) is 3.